The maximum Gasteiger partial charge on any atom is 0.243 e. The lowest BCUT2D eigenvalue weighted by molar-refractivity contribution is 0.305. The van der Waals surface area contributed by atoms with E-state index in [0.29, 0.717) is 23.9 Å². The molecule has 1 fully saturated rings. The van der Waals surface area contributed by atoms with Gasteiger partial charge in [-0.2, -0.15) is 4.31 Å². The smallest absolute Gasteiger partial charge is 0.243 e. The summed E-state index contributed by atoms with van der Waals surface area (Å²) < 4.78 is 30.6. The van der Waals surface area contributed by atoms with E-state index in [2.05, 4.69) is 31.4 Å². The largest absolute Gasteiger partial charge is 0.328 e. The van der Waals surface area contributed by atoms with Crippen LogP contribution in [0.25, 0.3) is 11.0 Å². The molecule has 5 nitrogen and oxygen atoms in total. The summed E-state index contributed by atoms with van der Waals surface area (Å²) in [6.07, 6.45) is 2.83. The van der Waals surface area contributed by atoms with Gasteiger partial charge in [-0.1, -0.05) is 45.0 Å². The Hall–Kier alpha value is -2.18. The SMILES string of the molecule is CCCn1c(C2CCCN(S(=O)(=O)c3ccc(C(C)C)cc3)C2)nc2ccccc21. The van der Waals surface area contributed by atoms with Crippen molar-refractivity contribution < 1.29 is 8.42 Å². The van der Waals surface area contributed by atoms with Gasteiger partial charge in [0.05, 0.1) is 15.9 Å². The molecule has 1 atom stereocenters. The second kappa shape index (κ2) is 8.52. The van der Waals surface area contributed by atoms with Gasteiger partial charge in [-0.05, 0) is 55.0 Å². The summed E-state index contributed by atoms with van der Waals surface area (Å²) in [6.45, 7) is 8.34. The van der Waals surface area contributed by atoms with Crippen LogP contribution in [0.15, 0.2) is 53.4 Å². The van der Waals surface area contributed by atoms with Gasteiger partial charge in [-0.3, -0.25) is 0 Å². The van der Waals surface area contributed by atoms with E-state index >= 15 is 0 Å². The van der Waals surface area contributed by atoms with Crippen LogP contribution in [-0.4, -0.2) is 35.4 Å². The highest BCUT2D eigenvalue weighted by atomic mass is 32.2. The summed E-state index contributed by atoms with van der Waals surface area (Å²) in [5, 5.41) is 0. The summed E-state index contributed by atoms with van der Waals surface area (Å²) in [6, 6.07) is 15.6. The molecule has 0 spiro atoms. The number of fused-ring (bicyclic) bond motifs is 1. The van der Waals surface area contributed by atoms with Gasteiger partial charge >= 0.3 is 0 Å². The third-order valence-electron chi connectivity index (χ3n) is 6.07. The van der Waals surface area contributed by atoms with Gasteiger partial charge in [0.1, 0.15) is 5.82 Å². The maximum atomic E-state index is 13.3. The summed E-state index contributed by atoms with van der Waals surface area (Å²) in [7, 11) is -3.50. The van der Waals surface area contributed by atoms with Crippen LogP contribution in [0, 0.1) is 0 Å². The lowest BCUT2D eigenvalue weighted by Crippen LogP contribution is -2.39. The van der Waals surface area contributed by atoms with Crippen LogP contribution in [0.3, 0.4) is 0 Å². The number of para-hydroxylation sites is 2. The Morgan fingerprint density at radius 3 is 2.53 bits per heavy atom. The molecule has 2 heterocycles. The molecule has 1 aliphatic rings. The fourth-order valence-electron chi connectivity index (χ4n) is 4.41. The van der Waals surface area contributed by atoms with E-state index in [0.717, 1.165) is 48.2 Å². The predicted molar refractivity (Wildman–Crippen MR) is 121 cm³/mol. The standard InChI is InChI=1S/C24H31N3O2S/c1-4-15-27-23-10-6-5-9-22(23)25-24(27)20-8-7-16-26(17-20)30(28,29)21-13-11-19(12-14-21)18(2)3/h5-6,9-14,18,20H,4,7-8,15-17H2,1-3H3. The Morgan fingerprint density at radius 1 is 1.10 bits per heavy atom. The van der Waals surface area contributed by atoms with Crippen LogP contribution in [-0.2, 0) is 16.6 Å². The summed E-state index contributed by atoms with van der Waals surface area (Å²) in [4.78, 5) is 5.30. The molecule has 1 unspecified atom stereocenters. The normalized spacial score (nSPS) is 18.3. The fraction of sp³-hybridized carbons (Fsp3) is 0.458. The molecular weight excluding hydrogens is 394 g/mol. The van der Waals surface area contributed by atoms with Gasteiger partial charge in [0.2, 0.25) is 10.0 Å². The first-order valence-electron chi connectivity index (χ1n) is 11.0. The van der Waals surface area contributed by atoms with Crippen molar-refractivity contribution in [2.75, 3.05) is 13.1 Å². The average Bonchev–Trinajstić information content (AvgIpc) is 3.13. The zero-order valence-electron chi connectivity index (χ0n) is 18.1. The lowest BCUT2D eigenvalue weighted by atomic mass is 9.99. The van der Waals surface area contributed by atoms with E-state index < -0.39 is 10.0 Å². The van der Waals surface area contributed by atoms with Crippen molar-refractivity contribution in [3.8, 4) is 0 Å². The van der Waals surface area contributed by atoms with Gasteiger partial charge in [0.15, 0.2) is 0 Å². The van der Waals surface area contributed by atoms with Crippen molar-refractivity contribution >= 4 is 21.1 Å². The lowest BCUT2D eigenvalue weighted by Gasteiger charge is -2.32. The third kappa shape index (κ3) is 3.91. The maximum absolute atomic E-state index is 13.3. The van der Waals surface area contributed by atoms with Crippen LogP contribution < -0.4 is 0 Å². The van der Waals surface area contributed by atoms with Crippen molar-refractivity contribution in [3.05, 3.63) is 59.9 Å². The van der Waals surface area contributed by atoms with E-state index in [1.165, 1.54) is 0 Å². The number of hydrogen-bond donors (Lipinski definition) is 0. The Balaban J connectivity index is 1.63. The Labute approximate surface area is 179 Å². The van der Waals surface area contributed by atoms with E-state index in [4.69, 9.17) is 4.98 Å². The van der Waals surface area contributed by atoms with Crippen molar-refractivity contribution in [1.82, 2.24) is 13.9 Å². The fourth-order valence-corrected chi connectivity index (χ4v) is 5.93. The minimum atomic E-state index is -3.50. The van der Waals surface area contributed by atoms with Crippen molar-refractivity contribution in [2.45, 2.75) is 63.3 Å². The number of piperidine rings is 1. The van der Waals surface area contributed by atoms with Gasteiger partial charge in [0, 0.05) is 25.6 Å². The van der Waals surface area contributed by atoms with Gasteiger partial charge in [0.25, 0.3) is 0 Å². The second-order valence-electron chi connectivity index (χ2n) is 8.54. The summed E-state index contributed by atoms with van der Waals surface area (Å²) in [5.41, 5.74) is 3.28. The molecule has 1 saturated heterocycles. The van der Waals surface area contributed by atoms with Crippen molar-refractivity contribution in [3.63, 3.8) is 0 Å². The molecule has 6 heteroatoms. The third-order valence-corrected chi connectivity index (χ3v) is 7.94. The highest BCUT2D eigenvalue weighted by molar-refractivity contribution is 7.89. The van der Waals surface area contributed by atoms with Crippen LogP contribution in [0.1, 0.15) is 63.3 Å². The predicted octanol–water partition coefficient (Wildman–Crippen LogP) is 5.14. The molecule has 3 aromatic rings. The van der Waals surface area contributed by atoms with E-state index in [-0.39, 0.29) is 5.92 Å². The molecule has 4 rings (SSSR count). The monoisotopic (exact) mass is 425 g/mol. The molecule has 0 bridgehead atoms. The Bertz CT molecular complexity index is 1120. The minimum Gasteiger partial charge on any atom is -0.328 e. The van der Waals surface area contributed by atoms with Gasteiger partial charge in [-0.15, -0.1) is 0 Å². The first kappa shape index (κ1) is 21.1. The molecule has 0 amide bonds. The van der Waals surface area contributed by atoms with Gasteiger partial charge in [-0.25, -0.2) is 13.4 Å². The Kier molecular flexibility index (Phi) is 5.98. The summed E-state index contributed by atoms with van der Waals surface area (Å²) in [5.74, 6) is 1.52. The minimum absolute atomic E-state index is 0.113. The molecule has 1 aromatic heterocycles. The zero-order chi connectivity index (χ0) is 21.3. The van der Waals surface area contributed by atoms with E-state index in [9.17, 15) is 8.42 Å². The molecule has 2 aromatic carbocycles. The average molecular weight is 426 g/mol. The topological polar surface area (TPSA) is 55.2 Å². The number of benzene rings is 2. The number of nitrogens with zero attached hydrogens (tertiary/aromatic N) is 3. The number of hydrogen-bond acceptors (Lipinski definition) is 3. The molecule has 0 N–H and O–H groups in total. The number of aryl methyl sites for hydroxylation is 1. The molecule has 0 aliphatic carbocycles. The first-order valence-corrected chi connectivity index (χ1v) is 12.4. The number of sulfonamides is 1. The second-order valence-corrected chi connectivity index (χ2v) is 10.5. The van der Waals surface area contributed by atoms with Crippen molar-refractivity contribution in [2.24, 2.45) is 0 Å². The first-order chi connectivity index (χ1) is 14.4. The van der Waals surface area contributed by atoms with Crippen LogP contribution in [0.5, 0.6) is 0 Å². The number of rotatable bonds is 6. The molecule has 0 radical (unpaired) electrons. The molecular formula is C24H31N3O2S. The molecule has 30 heavy (non-hydrogen) atoms. The van der Waals surface area contributed by atoms with Crippen LogP contribution in [0.2, 0.25) is 0 Å². The van der Waals surface area contributed by atoms with Crippen LogP contribution in [0.4, 0.5) is 0 Å². The van der Waals surface area contributed by atoms with E-state index in [1.54, 1.807) is 16.4 Å². The molecule has 0 saturated carbocycles. The molecule has 1 aliphatic heterocycles. The number of imidazole rings is 1. The van der Waals surface area contributed by atoms with Gasteiger partial charge < -0.3 is 4.57 Å². The Morgan fingerprint density at radius 2 is 1.83 bits per heavy atom. The molecule has 160 valence electrons. The zero-order valence-corrected chi connectivity index (χ0v) is 18.9. The quantitative estimate of drug-likeness (QED) is 0.550. The van der Waals surface area contributed by atoms with E-state index in [1.807, 2.05) is 30.3 Å². The highest BCUT2D eigenvalue weighted by Gasteiger charge is 2.33. The highest BCUT2D eigenvalue weighted by Crippen LogP contribution is 2.32. The van der Waals surface area contributed by atoms with Crippen molar-refractivity contribution in [1.29, 1.82) is 0 Å². The number of aromatic nitrogens is 2. The van der Waals surface area contributed by atoms with Crippen LogP contribution >= 0.6 is 0 Å². The summed E-state index contributed by atoms with van der Waals surface area (Å²) >= 11 is 0.